The lowest BCUT2D eigenvalue weighted by molar-refractivity contribution is -0.137. The molecule has 0 aliphatic carbocycles. The molecule has 10 nitrogen and oxygen atoms in total. The fraction of sp³-hybridized carbons (Fsp3) is 0.409. The third-order valence-corrected chi connectivity index (χ3v) is 6.40. The number of hydrogen-bond acceptors (Lipinski definition) is 7. The molecule has 1 atom stereocenters. The minimum absolute atomic E-state index is 0.0306. The Labute approximate surface area is 199 Å². The first-order valence-corrected chi connectivity index (χ1v) is 11.7. The van der Waals surface area contributed by atoms with Crippen molar-refractivity contribution in [1.82, 2.24) is 34.3 Å². The molecule has 1 N–H and O–H groups in total. The molecule has 1 aromatic carbocycles. The van der Waals surface area contributed by atoms with Crippen molar-refractivity contribution in [3.8, 4) is 11.4 Å². The molecule has 1 saturated heterocycles. The van der Waals surface area contributed by atoms with E-state index in [2.05, 4.69) is 26.3 Å². The molecule has 5 rings (SSSR count). The van der Waals surface area contributed by atoms with E-state index in [4.69, 9.17) is 19.8 Å². The molecule has 1 fully saturated rings. The number of rotatable bonds is 5. The quantitative estimate of drug-likeness (QED) is 0.438. The molecule has 11 heteroatoms. The number of nitrogens with one attached hydrogen (secondary N) is 1. The summed E-state index contributed by atoms with van der Waals surface area (Å²) < 4.78 is 9.65. The molecule has 0 unspecified atom stereocenters. The third-order valence-electron chi connectivity index (χ3n) is 5.76. The predicted octanol–water partition coefficient (Wildman–Crippen LogP) is 2.74. The number of halogens is 1. The van der Waals surface area contributed by atoms with Gasteiger partial charge in [0.15, 0.2) is 11.5 Å². The van der Waals surface area contributed by atoms with E-state index in [9.17, 15) is 4.79 Å². The number of amides is 1. The van der Waals surface area contributed by atoms with Gasteiger partial charge in [0.1, 0.15) is 6.04 Å². The van der Waals surface area contributed by atoms with Crippen molar-refractivity contribution in [2.24, 2.45) is 13.0 Å². The van der Waals surface area contributed by atoms with E-state index < -0.39 is 6.04 Å². The van der Waals surface area contributed by atoms with E-state index in [1.165, 1.54) is 0 Å². The summed E-state index contributed by atoms with van der Waals surface area (Å²) in [5.41, 5.74) is 2.21. The number of fused-ring (bicyclic) bond motifs is 3. The first-order valence-electron chi connectivity index (χ1n) is 10.9. The number of aryl methyl sites for hydroxylation is 1. The minimum Gasteiger partial charge on any atom is -0.378 e. The molecule has 0 bridgehead atoms. The Kier molecular flexibility index (Phi) is 5.75. The summed E-state index contributed by atoms with van der Waals surface area (Å²) in [5.74, 6) is 1.07. The zero-order valence-electron chi connectivity index (χ0n) is 18.7. The predicted molar refractivity (Wildman–Crippen MR) is 128 cm³/mol. The summed E-state index contributed by atoms with van der Waals surface area (Å²) in [6.45, 7) is 6.33. The number of carbonyl (C=O) groups excluding carboxylic acids is 1. The van der Waals surface area contributed by atoms with Gasteiger partial charge in [0, 0.05) is 36.2 Å². The Morgan fingerprint density at radius 1 is 1.21 bits per heavy atom. The molecule has 1 aliphatic rings. The zero-order valence-corrected chi connectivity index (χ0v) is 20.3. The van der Waals surface area contributed by atoms with Gasteiger partial charge in [0.2, 0.25) is 11.9 Å². The number of carbonyl (C=O) groups is 1. The molecule has 33 heavy (non-hydrogen) atoms. The van der Waals surface area contributed by atoms with Crippen molar-refractivity contribution < 1.29 is 9.53 Å². The van der Waals surface area contributed by atoms with Crippen LogP contribution < -0.4 is 5.32 Å². The van der Waals surface area contributed by atoms with Crippen LogP contribution in [0.2, 0.25) is 0 Å². The van der Waals surface area contributed by atoms with E-state index >= 15 is 0 Å². The van der Waals surface area contributed by atoms with E-state index in [1.54, 1.807) is 15.4 Å². The Morgan fingerprint density at radius 3 is 2.70 bits per heavy atom. The van der Waals surface area contributed by atoms with Crippen molar-refractivity contribution in [2.75, 3.05) is 31.6 Å². The van der Waals surface area contributed by atoms with Crippen LogP contribution in [0.15, 0.2) is 35.1 Å². The van der Waals surface area contributed by atoms with Crippen molar-refractivity contribution in [2.45, 2.75) is 19.9 Å². The van der Waals surface area contributed by atoms with Crippen LogP contribution in [-0.4, -0.2) is 72.5 Å². The fourth-order valence-electron chi connectivity index (χ4n) is 3.98. The SMILES string of the molecule is CC(C)[C@@H](Nc1nc2c(Br)cccc2c2nc(-c3cnn(C)c3)nn12)C(=O)N1CCOCC1. The summed E-state index contributed by atoms with van der Waals surface area (Å²) in [4.78, 5) is 24.8. The molecule has 1 amide bonds. The highest BCUT2D eigenvalue weighted by atomic mass is 79.9. The highest BCUT2D eigenvalue weighted by Crippen LogP contribution is 2.29. The standard InChI is InChI=1S/C22H25BrN8O2/c1-13(2)17(21(32)30-7-9-33-10-8-30)25-22-26-18-15(5-4-6-16(18)23)20-27-19(28-31(20)22)14-11-24-29(3)12-14/h4-6,11-13,17H,7-10H2,1-3H3,(H,25,26)/t17-/m1/s1. The lowest BCUT2D eigenvalue weighted by atomic mass is 10.0. The highest BCUT2D eigenvalue weighted by Gasteiger charge is 2.30. The Bertz CT molecular complexity index is 1320. The third kappa shape index (κ3) is 4.06. The zero-order chi connectivity index (χ0) is 23.1. The largest absolute Gasteiger partial charge is 0.378 e. The van der Waals surface area contributed by atoms with Gasteiger partial charge in [0.05, 0.1) is 30.5 Å². The Hall–Kier alpha value is -3.05. The van der Waals surface area contributed by atoms with E-state index in [0.717, 1.165) is 20.9 Å². The van der Waals surface area contributed by atoms with Crippen LogP contribution in [0.1, 0.15) is 13.8 Å². The van der Waals surface area contributed by atoms with Crippen molar-refractivity contribution in [3.63, 3.8) is 0 Å². The second-order valence-corrected chi connectivity index (χ2v) is 9.30. The first kappa shape index (κ1) is 21.8. The van der Waals surface area contributed by atoms with E-state index in [-0.39, 0.29) is 11.8 Å². The lowest BCUT2D eigenvalue weighted by Gasteiger charge is -2.32. The summed E-state index contributed by atoms with van der Waals surface area (Å²) in [6.07, 6.45) is 3.60. The number of para-hydroxylation sites is 1. The number of morpholine rings is 1. The fourth-order valence-corrected chi connectivity index (χ4v) is 4.44. The smallest absolute Gasteiger partial charge is 0.245 e. The van der Waals surface area contributed by atoms with Crippen LogP contribution in [0.3, 0.4) is 0 Å². The molecule has 0 saturated carbocycles. The van der Waals surface area contributed by atoms with Gasteiger partial charge in [0.25, 0.3) is 0 Å². The lowest BCUT2D eigenvalue weighted by Crippen LogP contribution is -2.50. The number of anilines is 1. The van der Waals surface area contributed by atoms with Gasteiger partial charge in [-0.2, -0.15) is 9.61 Å². The van der Waals surface area contributed by atoms with Gasteiger partial charge < -0.3 is 15.0 Å². The molecule has 4 heterocycles. The summed E-state index contributed by atoms with van der Waals surface area (Å²) in [5, 5.41) is 13.2. The first-order chi connectivity index (χ1) is 15.9. The average Bonchev–Trinajstić information content (AvgIpc) is 3.44. The summed E-state index contributed by atoms with van der Waals surface area (Å²) in [7, 11) is 1.85. The van der Waals surface area contributed by atoms with Crippen LogP contribution >= 0.6 is 15.9 Å². The molecule has 172 valence electrons. The number of hydrogen-bond donors (Lipinski definition) is 1. The maximum absolute atomic E-state index is 13.4. The van der Waals surface area contributed by atoms with Crippen LogP contribution in [0, 0.1) is 5.92 Å². The minimum atomic E-state index is -0.468. The van der Waals surface area contributed by atoms with Gasteiger partial charge in [-0.05, 0) is 34.0 Å². The molecular formula is C22H25BrN8O2. The molecule has 1 aliphatic heterocycles. The second kappa shape index (κ2) is 8.71. The Morgan fingerprint density at radius 2 is 2.00 bits per heavy atom. The van der Waals surface area contributed by atoms with Gasteiger partial charge in [-0.1, -0.05) is 19.9 Å². The van der Waals surface area contributed by atoms with Gasteiger partial charge >= 0.3 is 0 Å². The number of ether oxygens (including phenoxy) is 1. The monoisotopic (exact) mass is 512 g/mol. The Balaban J connectivity index is 1.62. The van der Waals surface area contributed by atoms with Crippen LogP contribution in [0.4, 0.5) is 5.95 Å². The van der Waals surface area contributed by atoms with Gasteiger partial charge in [-0.3, -0.25) is 9.48 Å². The van der Waals surface area contributed by atoms with Gasteiger partial charge in [-0.15, -0.1) is 5.10 Å². The van der Waals surface area contributed by atoms with Crippen LogP contribution in [0.5, 0.6) is 0 Å². The summed E-state index contributed by atoms with van der Waals surface area (Å²) >= 11 is 3.61. The molecular weight excluding hydrogens is 488 g/mol. The maximum Gasteiger partial charge on any atom is 0.245 e. The van der Waals surface area contributed by atoms with E-state index in [1.807, 2.05) is 50.2 Å². The normalized spacial score (nSPS) is 15.5. The number of aromatic nitrogens is 6. The summed E-state index contributed by atoms with van der Waals surface area (Å²) in [6, 6.07) is 5.38. The molecule has 4 aromatic rings. The highest BCUT2D eigenvalue weighted by molar-refractivity contribution is 9.10. The number of benzene rings is 1. The maximum atomic E-state index is 13.4. The topological polar surface area (TPSA) is 102 Å². The van der Waals surface area contributed by atoms with E-state index in [0.29, 0.717) is 43.7 Å². The van der Waals surface area contributed by atoms with Crippen LogP contribution in [-0.2, 0) is 16.6 Å². The van der Waals surface area contributed by atoms with Gasteiger partial charge in [-0.25, -0.2) is 9.97 Å². The van der Waals surface area contributed by atoms with Crippen LogP contribution in [0.25, 0.3) is 27.9 Å². The second-order valence-electron chi connectivity index (χ2n) is 8.45. The van der Waals surface area contributed by atoms with Crippen molar-refractivity contribution in [1.29, 1.82) is 0 Å². The van der Waals surface area contributed by atoms with Crippen molar-refractivity contribution >= 4 is 44.3 Å². The van der Waals surface area contributed by atoms with Crippen molar-refractivity contribution in [3.05, 3.63) is 35.1 Å². The molecule has 3 aromatic heterocycles. The molecule has 0 spiro atoms. The average molecular weight is 513 g/mol. The number of nitrogens with zero attached hydrogens (tertiary/aromatic N) is 7. The molecule has 0 radical (unpaired) electrons.